The van der Waals surface area contributed by atoms with E-state index in [2.05, 4.69) is 15.5 Å². The van der Waals surface area contributed by atoms with E-state index in [0.717, 1.165) is 6.42 Å². The molecule has 1 fully saturated rings. The molecule has 1 aliphatic heterocycles. The summed E-state index contributed by atoms with van der Waals surface area (Å²) in [5.74, 6) is -0.111. The van der Waals surface area contributed by atoms with E-state index >= 15 is 0 Å². The molecule has 1 aliphatic rings. The molecule has 7 nitrogen and oxygen atoms in total. The van der Waals surface area contributed by atoms with Gasteiger partial charge >= 0.3 is 0 Å². The highest BCUT2D eigenvalue weighted by Crippen LogP contribution is 2.33. The topological polar surface area (TPSA) is 94.4 Å². The average molecular weight is 338 g/mol. The van der Waals surface area contributed by atoms with Gasteiger partial charge in [-0.1, -0.05) is 0 Å². The minimum absolute atomic E-state index is 0.0317. The Morgan fingerprint density at radius 2 is 1.92 bits per heavy atom. The maximum absolute atomic E-state index is 11.8. The van der Waals surface area contributed by atoms with Crippen LogP contribution >= 0.6 is 0 Å². The summed E-state index contributed by atoms with van der Waals surface area (Å²) in [6.07, 6.45) is 1.37. The first-order valence-corrected chi connectivity index (χ1v) is 7.96. The predicted octanol–water partition coefficient (Wildman–Crippen LogP) is 3.89. The van der Waals surface area contributed by atoms with Crippen LogP contribution in [-0.2, 0) is 9.59 Å². The minimum Gasteiger partial charge on any atom is -0.506 e. The number of nitrogens with zero attached hydrogens (tertiary/aromatic N) is 3. The molecule has 3 rings (SSSR count). The number of carbonyl (C=O) groups excluding carboxylic acids is 2. The number of nitrogens with one attached hydrogen (secondary N) is 1. The molecule has 0 bridgehead atoms. The smallest absolute Gasteiger partial charge is 0.227 e. The number of benzene rings is 2. The Labute approximate surface area is 145 Å². The Kier molecular flexibility index (Phi) is 4.74. The molecule has 0 radical (unpaired) electrons. The Morgan fingerprint density at radius 1 is 1.16 bits per heavy atom. The van der Waals surface area contributed by atoms with Crippen molar-refractivity contribution in [3.05, 3.63) is 42.5 Å². The Hall–Kier alpha value is -3.22. The quantitative estimate of drug-likeness (QED) is 0.828. The third kappa shape index (κ3) is 4.00. The van der Waals surface area contributed by atoms with E-state index in [4.69, 9.17) is 0 Å². The average Bonchev–Trinajstić information content (AvgIpc) is 3.00. The maximum atomic E-state index is 11.8. The van der Waals surface area contributed by atoms with Gasteiger partial charge in [-0.25, -0.2) is 0 Å². The number of anilines is 2. The minimum atomic E-state index is -0.143. The van der Waals surface area contributed by atoms with Crippen LogP contribution in [0.1, 0.15) is 19.8 Å². The predicted molar refractivity (Wildman–Crippen MR) is 94.6 cm³/mol. The van der Waals surface area contributed by atoms with Crippen LogP contribution in [0.4, 0.5) is 22.7 Å². The van der Waals surface area contributed by atoms with E-state index in [1.807, 2.05) is 0 Å². The van der Waals surface area contributed by atoms with Gasteiger partial charge in [0.2, 0.25) is 11.8 Å². The lowest BCUT2D eigenvalue weighted by Gasteiger charge is -2.15. The van der Waals surface area contributed by atoms with Gasteiger partial charge < -0.3 is 15.3 Å². The first kappa shape index (κ1) is 16.6. The van der Waals surface area contributed by atoms with E-state index in [9.17, 15) is 14.7 Å². The van der Waals surface area contributed by atoms with Crippen LogP contribution < -0.4 is 10.2 Å². The van der Waals surface area contributed by atoms with Gasteiger partial charge in [-0.3, -0.25) is 9.59 Å². The first-order valence-electron chi connectivity index (χ1n) is 7.96. The van der Waals surface area contributed by atoms with Crippen LogP contribution in [0, 0.1) is 0 Å². The fourth-order valence-corrected chi connectivity index (χ4v) is 2.61. The molecule has 2 aromatic carbocycles. The van der Waals surface area contributed by atoms with Crippen molar-refractivity contribution in [3.63, 3.8) is 0 Å². The van der Waals surface area contributed by atoms with Gasteiger partial charge in [-0.15, -0.1) is 5.11 Å². The van der Waals surface area contributed by atoms with Crippen molar-refractivity contribution in [1.29, 1.82) is 0 Å². The molecular weight excluding hydrogens is 320 g/mol. The van der Waals surface area contributed by atoms with Crippen LogP contribution in [0.25, 0.3) is 0 Å². The fraction of sp³-hybridized carbons (Fsp3) is 0.222. The number of rotatable bonds is 4. The number of hydrogen-bond donors (Lipinski definition) is 2. The van der Waals surface area contributed by atoms with Gasteiger partial charge in [-0.2, -0.15) is 5.11 Å². The van der Waals surface area contributed by atoms with Crippen molar-refractivity contribution in [1.82, 2.24) is 0 Å². The largest absolute Gasteiger partial charge is 0.506 e. The molecule has 7 heteroatoms. The molecule has 0 aromatic heterocycles. The van der Waals surface area contributed by atoms with Crippen LogP contribution in [0.3, 0.4) is 0 Å². The van der Waals surface area contributed by atoms with Crippen molar-refractivity contribution >= 4 is 34.6 Å². The molecule has 1 saturated heterocycles. The first-order chi connectivity index (χ1) is 12.0. The van der Waals surface area contributed by atoms with Crippen molar-refractivity contribution in [2.24, 2.45) is 10.2 Å². The van der Waals surface area contributed by atoms with Crippen molar-refractivity contribution in [3.8, 4) is 5.75 Å². The molecular formula is C18H18N4O3. The maximum Gasteiger partial charge on any atom is 0.227 e. The van der Waals surface area contributed by atoms with Gasteiger partial charge in [0.05, 0.1) is 5.69 Å². The zero-order chi connectivity index (χ0) is 17.8. The highest BCUT2D eigenvalue weighted by Gasteiger charge is 2.22. The summed E-state index contributed by atoms with van der Waals surface area (Å²) in [5.41, 5.74) is 2.25. The van der Waals surface area contributed by atoms with Crippen LogP contribution in [-0.4, -0.2) is 23.5 Å². The van der Waals surface area contributed by atoms with Crippen LogP contribution in [0.15, 0.2) is 52.7 Å². The number of aromatic hydroxyl groups is 1. The highest BCUT2D eigenvalue weighted by molar-refractivity contribution is 5.95. The summed E-state index contributed by atoms with van der Waals surface area (Å²) in [5, 5.41) is 20.9. The van der Waals surface area contributed by atoms with Crippen molar-refractivity contribution in [2.75, 3.05) is 16.8 Å². The molecule has 2 amide bonds. The Balaban J connectivity index is 1.73. The second kappa shape index (κ2) is 7.12. The van der Waals surface area contributed by atoms with Crippen LogP contribution in [0.5, 0.6) is 5.75 Å². The molecule has 0 unspecified atom stereocenters. The second-order valence-electron chi connectivity index (χ2n) is 5.75. The van der Waals surface area contributed by atoms with Gasteiger partial charge in [0.25, 0.3) is 0 Å². The summed E-state index contributed by atoms with van der Waals surface area (Å²) >= 11 is 0. The third-order valence-electron chi connectivity index (χ3n) is 3.80. The Morgan fingerprint density at radius 3 is 2.52 bits per heavy atom. The molecule has 25 heavy (non-hydrogen) atoms. The van der Waals surface area contributed by atoms with Gasteiger partial charge in [0.15, 0.2) is 0 Å². The van der Waals surface area contributed by atoms with E-state index < -0.39 is 0 Å². The van der Waals surface area contributed by atoms with E-state index in [1.54, 1.807) is 41.3 Å². The van der Waals surface area contributed by atoms with Crippen molar-refractivity contribution in [2.45, 2.75) is 19.8 Å². The summed E-state index contributed by atoms with van der Waals surface area (Å²) < 4.78 is 0. The van der Waals surface area contributed by atoms with Crippen molar-refractivity contribution < 1.29 is 14.7 Å². The standard InChI is InChI=1S/C18H18N4O3/c1-12(23)19-13-4-6-14(7-5-13)20-21-16-9-8-15(11-17(16)24)22-10-2-3-18(22)25/h4-9,11,24H,2-3,10H2,1H3,(H,19,23). The zero-order valence-corrected chi connectivity index (χ0v) is 13.8. The fourth-order valence-electron chi connectivity index (χ4n) is 2.61. The Bertz CT molecular complexity index is 831. The number of azo groups is 1. The number of phenols is 1. The van der Waals surface area contributed by atoms with E-state index in [1.165, 1.54) is 13.0 Å². The van der Waals surface area contributed by atoms with Gasteiger partial charge in [0.1, 0.15) is 11.4 Å². The van der Waals surface area contributed by atoms with Gasteiger partial charge in [0, 0.05) is 37.3 Å². The molecule has 128 valence electrons. The number of hydrogen-bond acceptors (Lipinski definition) is 5. The molecule has 0 spiro atoms. The molecule has 1 heterocycles. The lowest BCUT2D eigenvalue weighted by molar-refractivity contribution is -0.117. The summed E-state index contributed by atoms with van der Waals surface area (Å²) in [7, 11) is 0. The molecule has 0 atom stereocenters. The van der Waals surface area contributed by atoms with E-state index in [-0.39, 0.29) is 17.6 Å². The van der Waals surface area contributed by atoms with E-state index in [0.29, 0.717) is 35.7 Å². The lowest BCUT2D eigenvalue weighted by atomic mass is 10.2. The summed E-state index contributed by atoms with van der Waals surface area (Å²) in [4.78, 5) is 24.4. The molecule has 2 aromatic rings. The SMILES string of the molecule is CC(=O)Nc1ccc(N=Nc2ccc(N3CCCC3=O)cc2O)cc1. The number of phenolic OH excluding ortho intramolecular Hbond substituents is 1. The summed E-state index contributed by atoms with van der Waals surface area (Å²) in [6, 6.07) is 11.8. The molecule has 2 N–H and O–H groups in total. The lowest BCUT2D eigenvalue weighted by Crippen LogP contribution is -2.23. The zero-order valence-electron chi connectivity index (χ0n) is 13.8. The molecule has 0 aliphatic carbocycles. The summed E-state index contributed by atoms with van der Waals surface area (Å²) in [6.45, 7) is 2.11. The monoisotopic (exact) mass is 338 g/mol. The normalized spacial score (nSPS) is 14.3. The highest BCUT2D eigenvalue weighted by atomic mass is 16.3. The third-order valence-corrected chi connectivity index (χ3v) is 3.80. The van der Waals surface area contributed by atoms with Crippen LogP contribution in [0.2, 0.25) is 0 Å². The number of amides is 2. The van der Waals surface area contributed by atoms with Gasteiger partial charge in [-0.05, 0) is 42.8 Å². The second-order valence-corrected chi connectivity index (χ2v) is 5.75. The number of carbonyl (C=O) groups is 2. The molecule has 0 saturated carbocycles.